The third kappa shape index (κ3) is 3.57. The van der Waals surface area contributed by atoms with E-state index in [0.717, 1.165) is 49.9 Å². The number of methoxy groups -OCH3 is 1. The number of fused-ring (bicyclic) bond motifs is 1. The van der Waals surface area contributed by atoms with Crippen LogP contribution >= 0.6 is 11.3 Å². The number of nitrogens with one attached hydrogen (secondary N) is 1. The number of aromatic nitrogens is 3. The van der Waals surface area contributed by atoms with Crippen LogP contribution in [0, 0.1) is 6.92 Å². The summed E-state index contributed by atoms with van der Waals surface area (Å²) in [6, 6.07) is 15.8. The van der Waals surface area contributed by atoms with E-state index in [9.17, 15) is 0 Å². The smallest absolute Gasteiger partial charge is 0.231 e. The molecule has 1 aliphatic rings. The summed E-state index contributed by atoms with van der Waals surface area (Å²) in [5.41, 5.74) is 3.93. The first-order valence-corrected chi connectivity index (χ1v) is 10.3. The van der Waals surface area contributed by atoms with Crippen molar-refractivity contribution in [2.45, 2.75) is 13.5 Å². The molecule has 0 bridgehead atoms. The quantitative estimate of drug-likeness (QED) is 0.489. The molecule has 7 nitrogen and oxygen atoms in total. The lowest BCUT2D eigenvalue weighted by Crippen LogP contribution is -1.98. The summed E-state index contributed by atoms with van der Waals surface area (Å²) >= 11 is 1.60. The number of ether oxygens (including phenoxy) is 3. The molecule has 0 saturated heterocycles. The summed E-state index contributed by atoms with van der Waals surface area (Å²) < 4.78 is 17.9. The van der Waals surface area contributed by atoms with Crippen LogP contribution in [0.5, 0.6) is 17.2 Å². The molecule has 2 aromatic carbocycles. The van der Waals surface area contributed by atoms with E-state index in [0.29, 0.717) is 6.54 Å². The normalized spacial score (nSPS) is 12.2. The highest BCUT2D eigenvalue weighted by Crippen LogP contribution is 2.35. The van der Waals surface area contributed by atoms with E-state index in [2.05, 4.69) is 10.3 Å². The van der Waals surface area contributed by atoms with Gasteiger partial charge in [0.2, 0.25) is 6.79 Å². The SMILES string of the molecule is COc1ccc(CNc2nc(C)c(-c3ccn(-c4ccc5c(c4)OCO5)n3)s2)cc1. The molecular formula is C22H20N4O3S. The lowest BCUT2D eigenvalue weighted by Gasteiger charge is -2.04. The molecule has 1 N–H and O–H groups in total. The van der Waals surface area contributed by atoms with Gasteiger partial charge in [-0.25, -0.2) is 9.67 Å². The van der Waals surface area contributed by atoms with Gasteiger partial charge in [0, 0.05) is 18.8 Å². The maximum absolute atomic E-state index is 5.46. The zero-order valence-electron chi connectivity index (χ0n) is 16.6. The van der Waals surface area contributed by atoms with Gasteiger partial charge in [0.15, 0.2) is 16.6 Å². The Bertz CT molecular complexity index is 1180. The minimum Gasteiger partial charge on any atom is -0.497 e. The van der Waals surface area contributed by atoms with Crippen molar-refractivity contribution in [3.05, 3.63) is 66.0 Å². The van der Waals surface area contributed by atoms with Gasteiger partial charge in [-0.3, -0.25) is 0 Å². The molecule has 0 radical (unpaired) electrons. The molecule has 0 amide bonds. The van der Waals surface area contributed by atoms with Crippen molar-refractivity contribution in [2.75, 3.05) is 19.2 Å². The average Bonchev–Trinajstić information content (AvgIpc) is 3.51. The number of aryl methyl sites for hydroxylation is 1. The Morgan fingerprint density at radius 3 is 2.77 bits per heavy atom. The van der Waals surface area contributed by atoms with Crippen LogP contribution in [-0.4, -0.2) is 28.7 Å². The Labute approximate surface area is 177 Å². The molecule has 0 spiro atoms. The molecule has 0 aliphatic carbocycles. The Morgan fingerprint density at radius 1 is 1.10 bits per heavy atom. The van der Waals surface area contributed by atoms with Gasteiger partial charge in [0.05, 0.1) is 23.4 Å². The second-order valence-electron chi connectivity index (χ2n) is 6.82. The van der Waals surface area contributed by atoms with Crippen molar-refractivity contribution in [1.82, 2.24) is 14.8 Å². The largest absolute Gasteiger partial charge is 0.497 e. The minimum atomic E-state index is 0.259. The fourth-order valence-electron chi connectivity index (χ4n) is 3.25. The van der Waals surface area contributed by atoms with Gasteiger partial charge in [-0.15, -0.1) is 0 Å². The van der Waals surface area contributed by atoms with Crippen LogP contribution in [0.25, 0.3) is 16.3 Å². The molecular weight excluding hydrogens is 400 g/mol. The first-order chi connectivity index (χ1) is 14.7. The van der Waals surface area contributed by atoms with Crippen LogP contribution in [-0.2, 0) is 6.54 Å². The number of benzene rings is 2. The molecule has 0 fully saturated rings. The highest BCUT2D eigenvalue weighted by molar-refractivity contribution is 7.19. The standard InChI is InChI=1S/C22H20N4O3S/c1-14-21(30-22(24-14)23-12-15-3-6-17(27-2)7-4-15)18-9-10-26(25-18)16-5-8-19-20(11-16)29-13-28-19/h3-11H,12-13H2,1-2H3,(H,23,24). The Balaban J connectivity index is 1.32. The Kier molecular flexibility index (Phi) is 4.76. The summed E-state index contributed by atoms with van der Waals surface area (Å²) in [6.07, 6.45) is 1.94. The molecule has 3 heterocycles. The summed E-state index contributed by atoms with van der Waals surface area (Å²) in [5, 5.41) is 9.01. The molecule has 30 heavy (non-hydrogen) atoms. The number of anilines is 1. The number of thiazole rings is 1. The van der Waals surface area contributed by atoms with Crippen LogP contribution < -0.4 is 19.5 Å². The molecule has 5 rings (SSSR count). The van der Waals surface area contributed by atoms with E-state index < -0.39 is 0 Å². The van der Waals surface area contributed by atoms with Gasteiger partial charge in [-0.05, 0) is 42.8 Å². The predicted molar refractivity (Wildman–Crippen MR) is 116 cm³/mol. The first kappa shape index (κ1) is 18.5. The monoisotopic (exact) mass is 420 g/mol. The zero-order chi connectivity index (χ0) is 20.5. The number of rotatable bonds is 6. The molecule has 2 aromatic heterocycles. The van der Waals surface area contributed by atoms with E-state index in [1.165, 1.54) is 0 Å². The van der Waals surface area contributed by atoms with Gasteiger partial charge in [-0.2, -0.15) is 5.10 Å². The third-order valence-electron chi connectivity index (χ3n) is 4.84. The second kappa shape index (κ2) is 7.72. The van der Waals surface area contributed by atoms with Gasteiger partial charge >= 0.3 is 0 Å². The molecule has 4 aromatic rings. The lowest BCUT2D eigenvalue weighted by molar-refractivity contribution is 0.174. The molecule has 0 saturated carbocycles. The van der Waals surface area contributed by atoms with E-state index in [1.54, 1.807) is 18.4 Å². The fourth-order valence-corrected chi connectivity index (χ4v) is 4.17. The number of hydrogen-bond donors (Lipinski definition) is 1. The second-order valence-corrected chi connectivity index (χ2v) is 7.82. The van der Waals surface area contributed by atoms with Gasteiger partial charge in [0.1, 0.15) is 11.4 Å². The lowest BCUT2D eigenvalue weighted by atomic mass is 10.2. The Hall–Kier alpha value is -3.52. The molecule has 0 unspecified atom stereocenters. The van der Waals surface area contributed by atoms with Crippen molar-refractivity contribution >= 4 is 16.5 Å². The predicted octanol–water partition coefficient (Wildman–Crippen LogP) is 4.65. The molecule has 0 atom stereocenters. The van der Waals surface area contributed by atoms with Crippen molar-refractivity contribution in [2.24, 2.45) is 0 Å². The van der Waals surface area contributed by atoms with Gasteiger partial charge < -0.3 is 19.5 Å². The third-order valence-corrected chi connectivity index (χ3v) is 5.98. The number of hydrogen-bond acceptors (Lipinski definition) is 7. The van der Waals surface area contributed by atoms with E-state index in [4.69, 9.17) is 19.3 Å². The highest BCUT2D eigenvalue weighted by atomic mass is 32.1. The topological polar surface area (TPSA) is 70.4 Å². The van der Waals surface area contributed by atoms with E-state index >= 15 is 0 Å². The summed E-state index contributed by atoms with van der Waals surface area (Å²) in [5.74, 6) is 2.35. The van der Waals surface area contributed by atoms with Crippen molar-refractivity contribution < 1.29 is 14.2 Å². The van der Waals surface area contributed by atoms with Gasteiger partial charge in [0.25, 0.3) is 0 Å². The van der Waals surface area contributed by atoms with Crippen LogP contribution in [0.2, 0.25) is 0 Å². The summed E-state index contributed by atoms with van der Waals surface area (Å²) in [7, 11) is 1.67. The first-order valence-electron chi connectivity index (χ1n) is 9.50. The maximum Gasteiger partial charge on any atom is 0.231 e. The molecule has 8 heteroatoms. The summed E-state index contributed by atoms with van der Waals surface area (Å²) in [6.45, 7) is 2.96. The maximum atomic E-state index is 5.46. The molecule has 1 aliphatic heterocycles. The van der Waals surface area contributed by atoms with Crippen molar-refractivity contribution in [3.63, 3.8) is 0 Å². The zero-order valence-corrected chi connectivity index (χ0v) is 17.4. The Morgan fingerprint density at radius 2 is 1.93 bits per heavy atom. The van der Waals surface area contributed by atoms with E-state index in [1.807, 2.05) is 66.3 Å². The van der Waals surface area contributed by atoms with Crippen LogP contribution in [0.15, 0.2) is 54.7 Å². The average molecular weight is 420 g/mol. The highest BCUT2D eigenvalue weighted by Gasteiger charge is 2.16. The van der Waals surface area contributed by atoms with Gasteiger partial charge in [-0.1, -0.05) is 23.5 Å². The van der Waals surface area contributed by atoms with Crippen LogP contribution in [0.3, 0.4) is 0 Å². The van der Waals surface area contributed by atoms with Crippen molar-refractivity contribution in [1.29, 1.82) is 0 Å². The molecule has 152 valence electrons. The summed E-state index contributed by atoms with van der Waals surface area (Å²) in [4.78, 5) is 5.71. The number of nitrogens with zero attached hydrogens (tertiary/aromatic N) is 3. The van der Waals surface area contributed by atoms with Crippen molar-refractivity contribution in [3.8, 4) is 33.5 Å². The minimum absolute atomic E-state index is 0.259. The van der Waals surface area contributed by atoms with Crippen LogP contribution in [0.4, 0.5) is 5.13 Å². The fraction of sp³-hybridized carbons (Fsp3) is 0.182. The van der Waals surface area contributed by atoms with Crippen LogP contribution in [0.1, 0.15) is 11.3 Å². The van der Waals surface area contributed by atoms with E-state index in [-0.39, 0.29) is 6.79 Å².